The van der Waals surface area contributed by atoms with Gasteiger partial charge in [0.2, 0.25) is 10.0 Å². The third kappa shape index (κ3) is 6.30. The molecule has 1 aromatic carbocycles. The fourth-order valence-corrected chi connectivity index (χ4v) is 7.54. The number of hydrogen-bond donors (Lipinski definition) is 1. The highest BCUT2D eigenvalue weighted by Gasteiger charge is 2.48. The quantitative estimate of drug-likeness (QED) is 0.548. The normalized spacial score (nSPS) is 24.7. The lowest BCUT2D eigenvalue weighted by atomic mass is 9.75. The first-order valence-electron chi connectivity index (χ1n) is 13.4. The number of ketones is 1. The molecule has 7 nitrogen and oxygen atoms in total. The van der Waals surface area contributed by atoms with Crippen molar-refractivity contribution in [3.05, 3.63) is 34.9 Å². The number of nitrogens with zero attached hydrogens (tertiary/aromatic N) is 2. The molecule has 2 fully saturated rings. The summed E-state index contributed by atoms with van der Waals surface area (Å²) in [7, 11) is -3.48. The SMILES string of the molecule is CC(=O)Cc1ccc(CCS(=O)(=O)N2CCC3(CC2)N=C(C2CCC(C(C)(C)F)CC2)NC3=O)c(C)c1. The van der Waals surface area contributed by atoms with Crippen molar-refractivity contribution in [2.75, 3.05) is 18.8 Å². The number of benzene rings is 1. The molecule has 1 saturated carbocycles. The zero-order valence-electron chi connectivity index (χ0n) is 22.5. The van der Waals surface area contributed by atoms with Crippen molar-refractivity contribution in [2.24, 2.45) is 16.8 Å². The van der Waals surface area contributed by atoms with E-state index >= 15 is 0 Å². The van der Waals surface area contributed by atoms with Crippen molar-refractivity contribution in [3.8, 4) is 0 Å². The van der Waals surface area contributed by atoms with Gasteiger partial charge < -0.3 is 5.32 Å². The van der Waals surface area contributed by atoms with Crippen molar-refractivity contribution in [2.45, 2.75) is 90.3 Å². The monoisotopic (exact) mass is 533 g/mol. The van der Waals surface area contributed by atoms with Gasteiger partial charge in [0.15, 0.2) is 0 Å². The Morgan fingerprint density at radius 2 is 1.84 bits per heavy atom. The number of halogens is 1. The van der Waals surface area contributed by atoms with E-state index in [-0.39, 0.29) is 42.4 Å². The number of amidine groups is 1. The average molecular weight is 534 g/mol. The molecule has 1 saturated heterocycles. The summed E-state index contributed by atoms with van der Waals surface area (Å²) in [5, 5.41) is 2.99. The van der Waals surface area contributed by atoms with Crippen molar-refractivity contribution in [1.29, 1.82) is 0 Å². The molecule has 0 unspecified atom stereocenters. The molecule has 4 rings (SSSR count). The topological polar surface area (TPSA) is 95.9 Å². The number of sulfonamides is 1. The molecule has 9 heteroatoms. The maximum absolute atomic E-state index is 14.3. The first kappa shape index (κ1) is 27.9. The van der Waals surface area contributed by atoms with Crippen LogP contribution in [0.25, 0.3) is 0 Å². The lowest BCUT2D eigenvalue weighted by molar-refractivity contribution is -0.125. The number of nitrogens with one attached hydrogen (secondary N) is 1. The van der Waals surface area contributed by atoms with Gasteiger partial charge >= 0.3 is 0 Å². The number of amides is 1. The highest BCUT2D eigenvalue weighted by atomic mass is 32.2. The molecule has 0 bridgehead atoms. The molecule has 1 amide bonds. The summed E-state index contributed by atoms with van der Waals surface area (Å²) in [6.07, 6.45) is 4.69. The summed E-state index contributed by atoms with van der Waals surface area (Å²) < 4.78 is 42.0. The highest BCUT2D eigenvalue weighted by Crippen LogP contribution is 2.40. The Balaban J connectivity index is 1.34. The van der Waals surface area contributed by atoms with Gasteiger partial charge in [-0.05, 0) is 95.2 Å². The van der Waals surface area contributed by atoms with E-state index in [1.165, 1.54) is 4.31 Å². The fraction of sp³-hybridized carbons (Fsp3) is 0.679. The van der Waals surface area contributed by atoms with E-state index in [9.17, 15) is 22.4 Å². The van der Waals surface area contributed by atoms with Crippen LogP contribution >= 0.6 is 0 Å². The molecule has 0 aromatic heterocycles. The number of carbonyl (C=O) groups excluding carboxylic acids is 2. The van der Waals surface area contributed by atoms with Crippen LogP contribution in [-0.4, -0.2) is 60.3 Å². The number of alkyl halides is 1. The molecule has 1 N–H and O–H groups in total. The van der Waals surface area contributed by atoms with Crippen molar-refractivity contribution < 1.29 is 22.4 Å². The molecule has 3 aliphatic rings. The first-order chi connectivity index (χ1) is 17.3. The molecule has 0 radical (unpaired) electrons. The minimum absolute atomic E-state index is 0.00176. The van der Waals surface area contributed by atoms with E-state index in [4.69, 9.17) is 4.99 Å². The molecule has 204 valence electrons. The van der Waals surface area contributed by atoms with E-state index < -0.39 is 21.2 Å². The molecule has 1 spiro atoms. The maximum atomic E-state index is 14.3. The van der Waals surface area contributed by atoms with Crippen LogP contribution < -0.4 is 5.32 Å². The summed E-state index contributed by atoms with van der Waals surface area (Å²) >= 11 is 0. The Morgan fingerprint density at radius 1 is 1.19 bits per heavy atom. The molecule has 2 aliphatic heterocycles. The molecule has 2 heterocycles. The van der Waals surface area contributed by atoms with Crippen molar-refractivity contribution >= 4 is 27.5 Å². The van der Waals surface area contributed by atoms with Crippen LogP contribution in [-0.2, 0) is 32.5 Å². The van der Waals surface area contributed by atoms with Crippen LogP contribution in [0.1, 0.15) is 76.0 Å². The van der Waals surface area contributed by atoms with Crippen LogP contribution in [0.2, 0.25) is 0 Å². The number of carbonyl (C=O) groups is 2. The van der Waals surface area contributed by atoms with Crippen LogP contribution in [0.15, 0.2) is 23.2 Å². The predicted octanol–water partition coefficient (Wildman–Crippen LogP) is 3.92. The zero-order chi connectivity index (χ0) is 27.0. The Kier molecular flexibility index (Phi) is 7.96. The van der Waals surface area contributed by atoms with Crippen molar-refractivity contribution in [3.63, 3.8) is 0 Å². The summed E-state index contributed by atoms with van der Waals surface area (Å²) in [5.74, 6) is 0.842. The smallest absolute Gasteiger partial charge is 0.253 e. The number of aryl methyl sites for hydroxylation is 2. The first-order valence-corrected chi connectivity index (χ1v) is 15.1. The number of piperidine rings is 1. The second-order valence-corrected chi connectivity index (χ2v) is 13.8. The molecule has 1 aliphatic carbocycles. The predicted molar refractivity (Wildman–Crippen MR) is 143 cm³/mol. The van der Waals surface area contributed by atoms with Gasteiger partial charge in [-0.2, -0.15) is 0 Å². The second-order valence-electron chi connectivity index (χ2n) is 11.7. The van der Waals surface area contributed by atoms with Gasteiger partial charge in [-0.15, -0.1) is 0 Å². The van der Waals surface area contributed by atoms with Crippen molar-refractivity contribution in [1.82, 2.24) is 9.62 Å². The zero-order valence-corrected chi connectivity index (χ0v) is 23.3. The number of aliphatic imine (C=N–C) groups is 1. The van der Waals surface area contributed by atoms with Gasteiger partial charge in [0.25, 0.3) is 5.91 Å². The summed E-state index contributed by atoms with van der Waals surface area (Å²) in [6, 6.07) is 5.75. The summed E-state index contributed by atoms with van der Waals surface area (Å²) in [4.78, 5) is 29.2. The third-order valence-corrected chi connectivity index (χ3v) is 10.4. The minimum atomic E-state index is -3.48. The lowest BCUT2D eigenvalue weighted by Crippen LogP contribution is -2.51. The summed E-state index contributed by atoms with van der Waals surface area (Å²) in [5.41, 5.74) is 0.802. The molecule has 1 aromatic rings. The van der Waals surface area contributed by atoms with E-state index in [1.807, 2.05) is 25.1 Å². The molecule has 0 atom stereocenters. The van der Waals surface area contributed by atoms with Gasteiger partial charge in [-0.3, -0.25) is 14.6 Å². The van der Waals surface area contributed by atoms with Gasteiger partial charge in [0.1, 0.15) is 22.8 Å². The average Bonchev–Trinajstić information content (AvgIpc) is 3.13. The lowest BCUT2D eigenvalue weighted by Gasteiger charge is -2.35. The van der Waals surface area contributed by atoms with Gasteiger partial charge in [-0.25, -0.2) is 17.1 Å². The molecular formula is C28H40FN3O4S. The Labute approximate surface area is 220 Å². The standard InChI is InChI=1S/C28H40FN3O4S/c1-19-17-21(18-20(2)33)5-6-22(19)11-16-37(35,36)32-14-12-28(13-15-32)26(34)30-25(31-28)23-7-9-24(10-8-23)27(3,4)29/h5-6,17,23-24H,7-16,18H2,1-4H3,(H,30,31,34). The maximum Gasteiger partial charge on any atom is 0.253 e. The van der Waals surface area contributed by atoms with Crippen LogP contribution in [0, 0.1) is 18.8 Å². The Hall–Kier alpha value is -2.13. The Morgan fingerprint density at radius 3 is 2.41 bits per heavy atom. The van der Waals surface area contributed by atoms with E-state index in [0.717, 1.165) is 42.4 Å². The van der Waals surface area contributed by atoms with Crippen LogP contribution in [0.3, 0.4) is 0 Å². The van der Waals surface area contributed by atoms with Gasteiger partial charge in [0.05, 0.1) is 5.75 Å². The van der Waals surface area contributed by atoms with E-state index in [2.05, 4.69) is 5.32 Å². The Bertz CT molecular complexity index is 1170. The second kappa shape index (κ2) is 10.6. The van der Waals surface area contributed by atoms with Gasteiger partial charge in [-0.1, -0.05) is 18.2 Å². The number of hydrogen-bond acceptors (Lipinski definition) is 5. The minimum Gasteiger partial charge on any atom is -0.312 e. The number of rotatable bonds is 8. The summed E-state index contributed by atoms with van der Waals surface area (Å²) in [6.45, 7) is 7.31. The molecule has 37 heavy (non-hydrogen) atoms. The highest BCUT2D eigenvalue weighted by molar-refractivity contribution is 7.89. The van der Waals surface area contributed by atoms with Gasteiger partial charge in [0, 0.05) is 25.4 Å². The van der Waals surface area contributed by atoms with Crippen LogP contribution in [0.5, 0.6) is 0 Å². The van der Waals surface area contributed by atoms with Crippen LogP contribution in [0.4, 0.5) is 4.39 Å². The number of Topliss-reactive ketones (excluding diaryl/α,β-unsaturated/α-hetero) is 1. The third-order valence-electron chi connectivity index (χ3n) is 8.52. The largest absolute Gasteiger partial charge is 0.312 e. The fourth-order valence-electron chi connectivity index (χ4n) is 6.07. The van der Waals surface area contributed by atoms with E-state index in [0.29, 0.717) is 31.5 Å². The molecular weight excluding hydrogens is 493 g/mol. The van der Waals surface area contributed by atoms with E-state index in [1.54, 1.807) is 20.8 Å².